The van der Waals surface area contributed by atoms with Crippen LogP contribution < -0.4 is 0 Å². The van der Waals surface area contributed by atoms with E-state index in [1.807, 2.05) is 0 Å². The van der Waals surface area contributed by atoms with E-state index in [1.165, 1.54) is 0 Å². The summed E-state index contributed by atoms with van der Waals surface area (Å²) < 4.78 is 28.5. The number of rotatable bonds is 2. The van der Waals surface area contributed by atoms with Crippen LogP contribution in [0.4, 0.5) is 8.78 Å². The SMILES string of the molecule is O=C1CCOCC1CC(F)F. The number of carbonyl (C=O) groups excluding carboxylic acids is 1. The molecule has 0 spiro atoms. The Morgan fingerprint density at radius 1 is 1.64 bits per heavy atom. The quantitative estimate of drug-likeness (QED) is 0.613. The van der Waals surface area contributed by atoms with Gasteiger partial charge in [0.1, 0.15) is 5.78 Å². The Hall–Kier alpha value is -0.510. The van der Waals surface area contributed by atoms with E-state index in [-0.39, 0.29) is 25.2 Å². The first-order valence-corrected chi connectivity index (χ1v) is 3.58. The highest BCUT2D eigenvalue weighted by atomic mass is 19.3. The lowest BCUT2D eigenvalue weighted by Gasteiger charge is -2.20. The average Bonchev–Trinajstić information content (AvgIpc) is 1.93. The Morgan fingerprint density at radius 2 is 2.36 bits per heavy atom. The van der Waals surface area contributed by atoms with Gasteiger partial charge in [-0.1, -0.05) is 0 Å². The van der Waals surface area contributed by atoms with Crippen LogP contribution in [0.1, 0.15) is 12.8 Å². The monoisotopic (exact) mass is 164 g/mol. The van der Waals surface area contributed by atoms with Crippen molar-refractivity contribution in [3.8, 4) is 0 Å². The molecule has 11 heavy (non-hydrogen) atoms. The molecule has 0 aromatic heterocycles. The van der Waals surface area contributed by atoms with E-state index >= 15 is 0 Å². The van der Waals surface area contributed by atoms with Crippen molar-refractivity contribution in [1.82, 2.24) is 0 Å². The third kappa shape index (κ3) is 2.54. The second-order valence-corrected chi connectivity index (χ2v) is 2.61. The van der Waals surface area contributed by atoms with Gasteiger partial charge in [-0.05, 0) is 0 Å². The highest BCUT2D eigenvalue weighted by Gasteiger charge is 2.25. The van der Waals surface area contributed by atoms with Gasteiger partial charge in [0.15, 0.2) is 0 Å². The van der Waals surface area contributed by atoms with Crippen molar-refractivity contribution in [2.24, 2.45) is 5.92 Å². The smallest absolute Gasteiger partial charge is 0.239 e. The summed E-state index contributed by atoms with van der Waals surface area (Å²) in [5, 5.41) is 0. The molecule has 0 aromatic carbocycles. The van der Waals surface area contributed by atoms with E-state index in [2.05, 4.69) is 0 Å². The molecule has 1 aliphatic rings. The molecule has 1 atom stereocenters. The first-order valence-electron chi connectivity index (χ1n) is 3.58. The minimum Gasteiger partial charge on any atom is -0.380 e. The molecular formula is C7H10F2O2. The molecule has 64 valence electrons. The van der Waals surface area contributed by atoms with E-state index in [4.69, 9.17) is 4.74 Å². The van der Waals surface area contributed by atoms with Crippen LogP contribution in [0.3, 0.4) is 0 Å². The molecule has 0 amide bonds. The second-order valence-electron chi connectivity index (χ2n) is 2.61. The molecule has 0 N–H and O–H groups in total. The molecule has 1 rings (SSSR count). The number of ether oxygens (including phenoxy) is 1. The van der Waals surface area contributed by atoms with Crippen LogP contribution in [0.15, 0.2) is 0 Å². The Balaban J connectivity index is 2.36. The van der Waals surface area contributed by atoms with Crippen molar-refractivity contribution >= 4 is 5.78 Å². The van der Waals surface area contributed by atoms with Crippen LogP contribution in [-0.4, -0.2) is 25.4 Å². The number of hydrogen-bond acceptors (Lipinski definition) is 2. The van der Waals surface area contributed by atoms with Gasteiger partial charge in [-0.25, -0.2) is 8.78 Å². The van der Waals surface area contributed by atoms with Crippen molar-refractivity contribution in [3.63, 3.8) is 0 Å². The fraction of sp³-hybridized carbons (Fsp3) is 0.857. The molecule has 4 heteroatoms. The summed E-state index contributed by atoms with van der Waals surface area (Å²) in [7, 11) is 0. The summed E-state index contributed by atoms with van der Waals surface area (Å²) in [5.74, 6) is -0.652. The Morgan fingerprint density at radius 3 is 2.91 bits per heavy atom. The number of carbonyl (C=O) groups is 1. The molecule has 0 bridgehead atoms. The van der Waals surface area contributed by atoms with Gasteiger partial charge in [-0.3, -0.25) is 4.79 Å². The van der Waals surface area contributed by atoms with Gasteiger partial charge in [-0.15, -0.1) is 0 Å². The minimum absolute atomic E-state index is 0.0865. The Kier molecular flexibility index (Phi) is 2.93. The zero-order valence-corrected chi connectivity index (χ0v) is 6.06. The molecule has 1 heterocycles. The predicted molar refractivity (Wildman–Crippen MR) is 34.6 cm³/mol. The molecular weight excluding hydrogens is 154 g/mol. The lowest BCUT2D eigenvalue weighted by Crippen LogP contribution is -2.28. The minimum atomic E-state index is -2.40. The Labute approximate surface area is 63.5 Å². The highest BCUT2D eigenvalue weighted by molar-refractivity contribution is 5.81. The summed E-state index contributed by atoms with van der Waals surface area (Å²) in [6.07, 6.45) is -2.46. The van der Waals surface area contributed by atoms with Crippen LogP contribution in [0, 0.1) is 5.92 Å². The standard InChI is InChI=1S/C7H10F2O2/c8-7(9)3-5-4-11-2-1-6(5)10/h5,7H,1-4H2. The van der Waals surface area contributed by atoms with Gasteiger partial charge in [0.2, 0.25) is 6.43 Å². The fourth-order valence-corrected chi connectivity index (χ4v) is 1.11. The molecule has 1 unspecified atom stereocenters. The van der Waals surface area contributed by atoms with E-state index in [0.717, 1.165) is 0 Å². The number of halogens is 2. The molecule has 0 aromatic rings. The zero-order valence-electron chi connectivity index (χ0n) is 6.06. The number of ketones is 1. The predicted octanol–water partition coefficient (Wildman–Crippen LogP) is 1.25. The second kappa shape index (κ2) is 3.76. The van der Waals surface area contributed by atoms with Crippen LogP contribution >= 0.6 is 0 Å². The molecule has 1 aliphatic heterocycles. The summed E-state index contributed by atoms with van der Waals surface area (Å²) in [6, 6.07) is 0. The zero-order chi connectivity index (χ0) is 8.27. The third-order valence-electron chi connectivity index (χ3n) is 1.73. The molecule has 2 nitrogen and oxygen atoms in total. The topological polar surface area (TPSA) is 26.3 Å². The first-order chi connectivity index (χ1) is 5.20. The molecule has 1 saturated heterocycles. The largest absolute Gasteiger partial charge is 0.380 e. The van der Waals surface area contributed by atoms with Gasteiger partial charge in [0.25, 0.3) is 0 Å². The van der Waals surface area contributed by atoms with Crippen LogP contribution in [0.5, 0.6) is 0 Å². The first kappa shape index (κ1) is 8.59. The molecule has 0 saturated carbocycles. The van der Waals surface area contributed by atoms with Crippen molar-refractivity contribution in [3.05, 3.63) is 0 Å². The van der Waals surface area contributed by atoms with Crippen molar-refractivity contribution < 1.29 is 18.3 Å². The average molecular weight is 164 g/mol. The van der Waals surface area contributed by atoms with Gasteiger partial charge in [0, 0.05) is 18.8 Å². The summed E-state index contributed by atoms with van der Waals surface area (Å²) in [4.78, 5) is 10.9. The van der Waals surface area contributed by atoms with Crippen molar-refractivity contribution in [2.75, 3.05) is 13.2 Å². The van der Waals surface area contributed by atoms with Crippen molar-refractivity contribution in [1.29, 1.82) is 0 Å². The van der Waals surface area contributed by atoms with Gasteiger partial charge >= 0.3 is 0 Å². The number of alkyl halides is 2. The lowest BCUT2D eigenvalue weighted by molar-refractivity contribution is -0.132. The maximum absolute atomic E-state index is 11.8. The number of hydrogen-bond donors (Lipinski definition) is 0. The van der Waals surface area contributed by atoms with E-state index in [0.29, 0.717) is 6.61 Å². The van der Waals surface area contributed by atoms with Crippen molar-refractivity contribution in [2.45, 2.75) is 19.3 Å². The van der Waals surface area contributed by atoms with Crippen LogP contribution in [-0.2, 0) is 9.53 Å². The molecule has 0 radical (unpaired) electrons. The van der Waals surface area contributed by atoms with Gasteiger partial charge < -0.3 is 4.74 Å². The molecule has 0 aliphatic carbocycles. The van der Waals surface area contributed by atoms with Gasteiger partial charge in [0.05, 0.1) is 13.2 Å². The normalized spacial score (nSPS) is 26.1. The van der Waals surface area contributed by atoms with E-state index in [9.17, 15) is 13.6 Å². The number of Topliss-reactive ketones (excluding diaryl/α,β-unsaturated/α-hetero) is 1. The summed E-state index contributed by atoms with van der Waals surface area (Å²) >= 11 is 0. The maximum atomic E-state index is 11.8. The van der Waals surface area contributed by atoms with Crippen LogP contribution in [0.25, 0.3) is 0 Å². The van der Waals surface area contributed by atoms with E-state index in [1.54, 1.807) is 0 Å². The Bertz CT molecular complexity index is 147. The third-order valence-corrected chi connectivity index (χ3v) is 1.73. The van der Waals surface area contributed by atoms with Crippen LogP contribution in [0.2, 0.25) is 0 Å². The van der Waals surface area contributed by atoms with E-state index < -0.39 is 12.3 Å². The highest BCUT2D eigenvalue weighted by Crippen LogP contribution is 2.17. The summed E-state index contributed by atoms with van der Waals surface area (Å²) in [6.45, 7) is 0.557. The van der Waals surface area contributed by atoms with Gasteiger partial charge in [-0.2, -0.15) is 0 Å². The lowest BCUT2D eigenvalue weighted by atomic mass is 9.97. The summed E-state index contributed by atoms with van der Waals surface area (Å²) in [5.41, 5.74) is 0. The molecule has 1 fully saturated rings. The maximum Gasteiger partial charge on any atom is 0.239 e. The fourth-order valence-electron chi connectivity index (χ4n) is 1.11.